The Bertz CT molecular complexity index is 446. The number of benzene rings is 1. The highest BCUT2D eigenvalue weighted by Crippen LogP contribution is 2.15. The molecule has 0 aliphatic carbocycles. The first-order valence-corrected chi connectivity index (χ1v) is 7.92. The third-order valence-electron chi connectivity index (χ3n) is 4.25. The number of hydrogen-bond acceptors (Lipinski definition) is 3. The van der Waals surface area contributed by atoms with Crippen LogP contribution in [0.2, 0.25) is 0 Å². The van der Waals surface area contributed by atoms with Gasteiger partial charge in [0.1, 0.15) is 0 Å². The normalized spacial score (nSPS) is 16.5. The molecule has 1 aliphatic rings. The van der Waals surface area contributed by atoms with Crippen molar-refractivity contribution in [2.24, 2.45) is 0 Å². The van der Waals surface area contributed by atoms with Crippen LogP contribution < -0.4 is 0 Å². The largest absolute Gasteiger partial charge is 0.393 e. The van der Waals surface area contributed by atoms with Gasteiger partial charge in [-0.2, -0.15) is 0 Å². The maximum Gasteiger partial charge on any atom is 0.253 e. The van der Waals surface area contributed by atoms with Gasteiger partial charge in [0.05, 0.1) is 6.10 Å². The summed E-state index contributed by atoms with van der Waals surface area (Å²) in [7, 11) is 0. The summed E-state index contributed by atoms with van der Waals surface area (Å²) in [5, 5.41) is 9.50. The molecule has 0 aromatic heterocycles. The van der Waals surface area contributed by atoms with Crippen LogP contribution in [0.3, 0.4) is 0 Å². The number of likely N-dealkylation sites (tertiary alicyclic amines) is 1. The van der Waals surface area contributed by atoms with Gasteiger partial charge >= 0.3 is 0 Å². The molecule has 2 rings (SSSR count). The highest BCUT2D eigenvalue weighted by atomic mass is 16.3. The van der Waals surface area contributed by atoms with Crippen molar-refractivity contribution < 1.29 is 9.90 Å². The molecule has 0 atom stereocenters. The van der Waals surface area contributed by atoms with Crippen LogP contribution in [-0.4, -0.2) is 53.1 Å². The number of aliphatic hydroxyl groups is 1. The number of hydrogen-bond donors (Lipinski definition) is 1. The van der Waals surface area contributed by atoms with Gasteiger partial charge in [0.15, 0.2) is 0 Å². The average Bonchev–Trinajstić information content (AvgIpc) is 2.53. The molecule has 1 N–H and O–H groups in total. The van der Waals surface area contributed by atoms with E-state index in [9.17, 15) is 9.90 Å². The lowest BCUT2D eigenvalue weighted by atomic mass is 10.1. The van der Waals surface area contributed by atoms with Crippen molar-refractivity contribution in [3.8, 4) is 0 Å². The Morgan fingerprint density at radius 3 is 2.29 bits per heavy atom. The van der Waals surface area contributed by atoms with Gasteiger partial charge in [-0.15, -0.1) is 0 Å². The fraction of sp³-hybridized carbons (Fsp3) is 0.588. The van der Waals surface area contributed by atoms with Crippen molar-refractivity contribution in [2.45, 2.75) is 39.3 Å². The van der Waals surface area contributed by atoms with Crippen LogP contribution in [0.1, 0.15) is 42.6 Å². The minimum absolute atomic E-state index is 0.0799. The number of amides is 1. The number of nitrogens with zero attached hydrogens (tertiary/aromatic N) is 2. The fourth-order valence-electron chi connectivity index (χ4n) is 2.71. The van der Waals surface area contributed by atoms with Gasteiger partial charge in [0.2, 0.25) is 0 Å². The monoisotopic (exact) mass is 290 g/mol. The summed E-state index contributed by atoms with van der Waals surface area (Å²) in [5.74, 6) is 0.0799. The SMILES string of the molecule is CCN(CC)Cc1ccc(C(=O)N2CCC(O)CC2)cc1. The molecule has 4 heteroatoms. The quantitative estimate of drug-likeness (QED) is 0.903. The molecule has 0 unspecified atom stereocenters. The molecule has 1 aliphatic heterocycles. The van der Waals surface area contributed by atoms with Crippen molar-refractivity contribution in [2.75, 3.05) is 26.2 Å². The molecule has 1 aromatic rings. The predicted octanol–water partition coefficient (Wildman–Crippen LogP) is 2.13. The Balaban J connectivity index is 1.96. The lowest BCUT2D eigenvalue weighted by Crippen LogP contribution is -2.40. The molecule has 1 aromatic carbocycles. The Morgan fingerprint density at radius 1 is 1.19 bits per heavy atom. The third-order valence-corrected chi connectivity index (χ3v) is 4.25. The van der Waals surface area contributed by atoms with Crippen LogP contribution >= 0.6 is 0 Å². The standard InChI is InChI=1S/C17H26N2O2/c1-3-18(4-2)13-14-5-7-15(8-6-14)17(21)19-11-9-16(20)10-12-19/h5-8,16,20H,3-4,9-13H2,1-2H3. The molecular formula is C17H26N2O2. The first-order valence-electron chi connectivity index (χ1n) is 7.92. The lowest BCUT2D eigenvalue weighted by molar-refractivity contribution is 0.0546. The summed E-state index contributed by atoms with van der Waals surface area (Å²) >= 11 is 0. The first kappa shape index (κ1) is 16.0. The summed E-state index contributed by atoms with van der Waals surface area (Å²) in [6.07, 6.45) is 1.13. The van der Waals surface area contributed by atoms with Crippen molar-refractivity contribution in [1.29, 1.82) is 0 Å². The first-order chi connectivity index (χ1) is 10.1. The van der Waals surface area contributed by atoms with Crippen molar-refractivity contribution >= 4 is 5.91 Å². The van der Waals surface area contributed by atoms with Gasteiger partial charge < -0.3 is 10.0 Å². The summed E-state index contributed by atoms with van der Waals surface area (Å²) < 4.78 is 0. The molecule has 1 heterocycles. The molecule has 0 bridgehead atoms. The molecular weight excluding hydrogens is 264 g/mol. The summed E-state index contributed by atoms with van der Waals surface area (Å²) in [4.78, 5) is 16.6. The van der Waals surface area contributed by atoms with Crippen LogP contribution in [0.4, 0.5) is 0 Å². The lowest BCUT2D eigenvalue weighted by Gasteiger charge is -2.29. The van der Waals surface area contributed by atoms with Crippen molar-refractivity contribution in [3.63, 3.8) is 0 Å². The third kappa shape index (κ3) is 4.29. The zero-order valence-electron chi connectivity index (χ0n) is 13.1. The maximum atomic E-state index is 12.4. The topological polar surface area (TPSA) is 43.8 Å². The van der Waals surface area contributed by atoms with Gasteiger partial charge in [-0.1, -0.05) is 26.0 Å². The molecule has 1 saturated heterocycles. The zero-order valence-corrected chi connectivity index (χ0v) is 13.1. The highest BCUT2D eigenvalue weighted by Gasteiger charge is 2.22. The molecule has 21 heavy (non-hydrogen) atoms. The van der Waals surface area contributed by atoms with Crippen LogP contribution in [-0.2, 0) is 6.54 Å². The minimum Gasteiger partial charge on any atom is -0.393 e. The van der Waals surface area contributed by atoms with Crippen LogP contribution in [0, 0.1) is 0 Å². The van der Waals surface area contributed by atoms with Gasteiger partial charge in [-0.05, 0) is 43.6 Å². The van der Waals surface area contributed by atoms with Crippen LogP contribution in [0.5, 0.6) is 0 Å². The van der Waals surface area contributed by atoms with E-state index in [0.29, 0.717) is 25.9 Å². The number of piperidine rings is 1. The van der Waals surface area contributed by atoms with Crippen molar-refractivity contribution in [1.82, 2.24) is 9.80 Å². The second-order valence-corrected chi connectivity index (χ2v) is 5.68. The molecule has 1 amide bonds. The smallest absolute Gasteiger partial charge is 0.253 e. The highest BCUT2D eigenvalue weighted by molar-refractivity contribution is 5.94. The van der Waals surface area contributed by atoms with E-state index in [1.54, 1.807) is 0 Å². The van der Waals surface area contributed by atoms with E-state index in [0.717, 1.165) is 25.2 Å². The van der Waals surface area contributed by atoms with E-state index < -0.39 is 0 Å². The fourth-order valence-corrected chi connectivity index (χ4v) is 2.71. The average molecular weight is 290 g/mol. The Morgan fingerprint density at radius 2 is 1.76 bits per heavy atom. The second kappa shape index (κ2) is 7.57. The number of rotatable bonds is 5. The predicted molar refractivity (Wildman–Crippen MR) is 84.2 cm³/mol. The Hall–Kier alpha value is -1.39. The minimum atomic E-state index is -0.245. The molecule has 0 spiro atoms. The number of aliphatic hydroxyl groups excluding tert-OH is 1. The van der Waals surface area contributed by atoms with Gasteiger partial charge in [-0.25, -0.2) is 0 Å². The Labute approximate surface area is 127 Å². The van der Waals surface area contributed by atoms with E-state index in [1.807, 2.05) is 29.2 Å². The molecule has 116 valence electrons. The van der Waals surface area contributed by atoms with Gasteiger partial charge in [0, 0.05) is 25.2 Å². The van der Waals surface area contributed by atoms with E-state index in [-0.39, 0.29) is 12.0 Å². The van der Waals surface area contributed by atoms with E-state index >= 15 is 0 Å². The second-order valence-electron chi connectivity index (χ2n) is 5.68. The molecule has 0 radical (unpaired) electrons. The molecule has 4 nitrogen and oxygen atoms in total. The Kier molecular flexibility index (Phi) is 5.76. The number of carbonyl (C=O) groups excluding carboxylic acids is 1. The van der Waals surface area contributed by atoms with E-state index in [1.165, 1.54) is 5.56 Å². The van der Waals surface area contributed by atoms with Crippen LogP contribution in [0.15, 0.2) is 24.3 Å². The summed E-state index contributed by atoms with van der Waals surface area (Å²) in [6.45, 7) is 8.62. The van der Waals surface area contributed by atoms with Gasteiger partial charge in [-0.3, -0.25) is 9.69 Å². The number of carbonyl (C=O) groups is 1. The zero-order chi connectivity index (χ0) is 15.2. The van der Waals surface area contributed by atoms with Gasteiger partial charge in [0.25, 0.3) is 5.91 Å². The summed E-state index contributed by atoms with van der Waals surface area (Å²) in [6, 6.07) is 7.94. The molecule has 0 saturated carbocycles. The maximum absolute atomic E-state index is 12.4. The summed E-state index contributed by atoms with van der Waals surface area (Å²) in [5.41, 5.74) is 1.99. The molecule has 1 fully saturated rings. The van der Waals surface area contributed by atoms with Crippen molar-refractivity contribution in [3.05, 3.63) is 35.4 Å². The van der Waals surface area contributed by atoms with E-state index in [4.69, 9.17) is 0 Å². The van der Waals surface area contributed by atoms with Crippen LogP contribution in [0.25, 0.3) is 0 Å². The van der Waals surface area contributed by atoms with E-state index in [2.05, 4.69) is 18.7 Å².